The molecule has 1 heterocycles. The van der Waals surface area contributed by atoms with E-state index in [1.807, 2.05) is 61.5 Å². The van der Waals surface area contributed by atoms with Crippen molar-refractivity contribution in [2.75, 3.05) is 13.1 Å². The standard InChI is InChI=1S/C53H84N14O9/c1-7-30(3)44(67-49(73)40(23-24-43(56)69)62-47(71)39(61-46(70)32(5)55)22-16-26-59-53(57)58)51(75)63-38(21-14-15-25-54)48(72)66-45(31(4)8-2)52(76)65-42(28-35-29-60-37-20-13-12-19-36(35)37)50(74)64-41(33(6)68)27-34-17-10-9-11-18-34/h9-13,17-20,29-32,38-42,44-45,53,59-60H,7-8,14-16,21-28,54-55,57-58H2,1-6H3,(H2,56,69)(H,61,70)(H,62,71)(H,63,75)(H,64,74)(H,65,76)(H,66,72)(H,67,73)/t30?,31?,32-,38-,39-,40-,41-,42-,44-,45-/m0/s1. The third-order valence-corrected chi connectivity index (χ3v) is 13.4. The van der Waals surface area contributed by atoms with Gasteiger partial charge >= 0.3 is 0 Å². The van der Waals surface area contributed by atoms with Crippen molar-refractivity contribution in [2.45, 2.75) is 167 Å². The van der Waals surface area contributed by atoms with Crippen LogP contribution in [0, 0.1) is 11.8 Å². The Kier molecular flexibility index (Phi) is 27.2. The molecule has 0 fully saturated rings. The first kappa shape index (κ1) is 63.5. The van der Waals surface area contributed by atoms with Gasteiger partial charge in [0.1, 0.15) is 42.5 Å². The predicted molar refractivity (Wildman–Crippen MR) is 290 cm³/mol. The number of para-hydroxylation sites is 1. The minimum Gasteiger partial charge on any atom is -0.370 e. The van der Waals surface area contributed by atoms with Gasteiger partial charge in [-0.25, -0.2) is 0 Å². The molecule has 420 valence electrons. The van der Waals surface area contributed by atoms with E-state index in [1.54, 1.807) is 27.0 Å². The van der Waals surface area contributed by atoms with Gasteiger partial charge in [-0.1, -0.05) is 89.1 Å². The Labute approximate surface area is 445 Å². The molecule has 3 aromatic rings. The molecule has 23 nitrogen and oxygen atoms in total. The van der Waals surface area contributed by atoms with E-state index in [2.05, 4.69) is 47.5 Å². The summed E-state index contributed by atoms with van der Waals surface area (Å²) >= 11 is 0. The van der Waals surface area contributed by atoms with E-state index in [0.29, 0.717) is 32.1 Å². The number of primary amides is 1. The molecule has 3 rings (SSSR count). The van der Waals surface area contributed by atoms with Gasteiger partial charge in [-0.05, 0) is 101 Å². The minimum atomic E-state index is -1.41. The van der Waals surface area contributed by atoms with Crippen molar-refractivity contribution >= 4 is 63.9 Å². The molecule has 23 heteroatoms. The summed E-state index contributed by atoms with van der Waals surface area (Å²) in [4.78, 5) is 126. The first-order valence-corrected chi connectivity index (χ1v) is 26.3. The Balaban J connectivity index is 1.92. The van der Waals surface area contributed by atoms with Crippen LogP contribution in [0.1, 0.15) is 110 Å². The minimum absolute atomic E-state index is 0.0273. The number of Topliss-reactive ketones (excluding diaryl/α,β-unsaturated/α-hetero) is 1. The monoisotopic (exact) mass is 1060 g/mol. The van der Waals surface area contributed by atoms with E-state index in [1.165, 1.54) is 13.8 Å². The zero-order valence-corrected chi connectivity index (χ0v) is 44.9. The Hall–Kier alpha value is -6.79. The molecule has 0 radical (unpaired) electrons. The average Bonchev–Trinajstić information content (AvgIpc) is 3.80. The van der Waals surface area contributed by atoms with Crippen LogP contribution in [0.25, 0.3) is 10.9 Å². The number of carbonyl (C=O) groups excluding carboxylic acids is 9. The molecule has 0 spiro atoms. The Bertz CT molecular complexity index is 2380. The number of H-pyrrole nitrogens is 1. The molecule has 1 aromatic heterocycles. The molecule has 0 saturated carbocycles. The van der Waals surface area contributed by atoms with Gasteiger partial charge in [-0.3, -0.25) is 48.5 Å². The zero-order valence-electron chi connectivity index (χ0n) is 44.9. The van der Waals surface area contributed by atoms with Gasteiger partial charge in [0.25, 0.3) is 0 Å². The number of hydrogen-bond donors (Lipinski definition) is 14. The number of fused-ring (bicyclic) bond motifs is 1. The van der Waals surface area contributed by atoms with Crippen LogP contribution in [0.15, 0.2) is 60.8 Å². The molecule has 19 N–H and O–H groups in total. The van der Waals surface area contributed by atoms with Crippen LogP contribution >= 0.6 is 0 Å². The summed E-state index contributed by atoms with van der Waals surface area (Å²) in [5.74, 6) is -7.09. The van der Waals surface area contributed by atoms with Crippen molar-refractivity contribution in [3.8, 4) is 0 Å². The summed E-state index contributed by atoms with van der Waals surface area (Å²) in [5, 5.41) is 22.9. The molecule has 0 aliphatic heterocycles. The van der Waals surface area contributed by atoms with Crippen molar-refractivity contribution < 1.29 is 43.2 Å². The summed E-state index contributed by atoms with van der Waals surface area (Å²) in [6.45, 7) is 10.5. The zero-order chi connectivity index (χ0) is 56.5. The van der Waals surface area contributed by atoms with Gasteiger partial charge in [0.15, 0.2) is 5.78 Å². The van der Waals surface area contributed by atoms with Crippen LogP contribution < -0.4 is 71.2 Å². The number of benzene rings is 2. The number of amides is 8. The molecular formula is C53H84N14O9. The second-order valence-electron chi connectivity index (χ2n) is 19.6. The van der Waals surface area contributed by atoms with E-state index in [4.69, 9.17) is 28.7 Å². The number of aromatic nitrogens is 1. The fourth-order valence-electron chi connectivity index (χ4n) is 8.32. The number of aromatic amines is 1. The fraction of sp³-hybridized carbons (Fsp3) is 0.566. The maximum absolute atomic E-state index is 14.6. The summed E-state index contributed by atoms with van der Waals surface area (Å²) in [6, 6.07) is 7.27. The van der Waals surface area contributed by atoms with Crippen molar-refractivity contribution in [3.63, 3.8) is 0 Å². The van der Waals surface area contributed by atoms with Gasteiger partial charge in [-0.15, -0.1) is 0 Å². The summed E-state index contributed by atoms with van der Waals surface area (Å²) in [7, 11) is 0. The quantitative estimate of drug-likeness (QED) is 0.0257. The third-order valence-electron chi connectivity index (χ3n) is 13.4. The Morgan fingerprint density at radius 3 is 1.58 bits per heavy atom. The van der Waals surface area contributed by atoms with Gasteiger partial charge in [0.2, 0.25) is 47.3 Å². The largest absolute Gasteiger partial charge is 0.370 e. The normalized spacial score (nSPS) is 15.3. The molecular weight excluding hydrogens is 977 g/mol. The average molecular weight is 1060 g/mol. The van der Waals surface area contributed by atoms with Crippen LogP contribution in [0.2, 0.25) is 0 Å². The van der Waals surface area contributed by atoms with Gasteiger partial charge in [0, 0.05) is 29.9 Å². The third kappa shape index (κ3) is 21.1. The highest BCUT2D eigenvalue weighted by Crippen LogP contribution is 2.20. The summed E-state index contributed by atoms with van der Waals surface area (Å²) in [6.07, 6.45) is 2.72. The van der Waals surface area contributed by atoms with E-state index in [-0.39, 0.29) is 57.4 Å². The molecule has 0 aliphatic carbocycles. The second kappa shape index (κ2) is 32.6. The van der Waals surface area contributed by atoms with Crippen LogP contribution in [0.5, 0.6) is 0 Å². The van der Waals surface area contributed by atoms with E-state index in [9.17, 15) is 43.2 Å². The SMILES string of the molecule is CCC(C)[C@H](NC(=O)[C@H](CCCCN)NC(=O)[C@@H](NC(=O)[C@H](CCC(N)=O)NC(=O)[C@H](CCCNC(N)N)NC(=O)[C@H](C)N)C(C)CC)C(=O)N[C@@H](Cc1c[nH]c2ccccc12)C(=O)N[C@@H](Cc1ccccc1)C(C)=O. The predicted octanol–water partition coefficient (Wildman–Crippen LogP) is -0.660. The van der Waals surface area contributed by atoms with Gasteiger partial charge in [-0.2, -0.15) is 0 Å². The van der Waals surface area contributed by atoms with Crippen molar-refractivity contribution in [3.05, 3.63) is 71.9 Å². The number of ketones is 1. The molecule has 0 aliphatic rings. The van der Waals surface area contributed by atoms with Crippen molar-refractivity contribution in [2.24, 2.45) is 40.5 Å². The van der Waals surface area contributed by atoms with Crippen molar-refractivity contribution in [1.82, 2.24) is 47.5 Å². The highest BCUT2D eigenvalue weighted by atomic mass is 16.2. The summed E-state index contributed by atoms with van der Waals surface area (Å²) in [5.41, 5.74) is 30.6. The van der Waals surface area contributed by atoms with Crippen LogP contribution in [-0.4, -0.2) is 126 Å². The molecule has 76 heavy (non-hydrogen) atoms. The lowest BCUT2D eigenvalue weighted by molar-refractivity contribution is -0.137. The number of carbonyl (C=O) groups is 9. The number of rotatable bonds is 35. The molecule has 10 atom stereocenters. The highest BCUT2D eigenvalue weighted by molar-refractivity contribution is 5.98. The number of nitrogens with one attached hydrogen (secondary N) is 9. The van der Waals surface area contributed by atoms with Gasteiger partial charge in [0.05, 0.1) is 12.1 Å². The number of hydrogen-bond acceptors (Lipinski definition) is 14. The number of nitrogens with two attached hydrogens (primary N) is 5. The first-order chi connectivity index (χ1) is 36.1. The van der Waals surface area contributed by atoms with Crippen LogP contribution in [-0.2, 0) is 56.0 Å². The maximum Gasteiger partial charge on any atom is 0.243 e. The van der Waals surface area contributed by atoms with Crippen LogP contribution in [0.3, 0.4) is 0 Å². The molecule has 0 saturated heterocycles. The van der Waals surface area contributed by atoms with Crippen molar-refractivity contribution in [1.29, 1.82) is 0 Å². The van der Waals surface area contributed by atoms with E-state index < -0.39 is 114 Å². The lowest BCUT2D eigenvalue weighted by Gasteiger charge is -2.31. The topological polar surface area (TPSA) is 396 Å². The number of unbranched alkanes of at least 4 members (excludes halogenated alkanes) is 1. The Morgan fingerprint density at radius 1 is 0.553 bits per heavy atom. The van der Waals surface area contributed by atoms with Crippen LogP contribution in [0.4, 0.5) is 0 Å². The molecule has 2 aromatic carbocycles. The second-order valence-corrected chi connectivity index (χ2v) is 19.6. The maximum atomic E-state index is 14.6. The lowest BCUT2D eigenvalue weighted by atomic mass is 9.95. The first-order valence-electron chi connectivity index (χ1n) is 26.3. The fourth-order valence-corrected chi connectivity index (χ4v) is 8.32. The molecule has 2 unspecified atom stereocenters. The molecule has 0 bridgehead atoms. The summed E-state index contributed by atoms with van der Waals surface area (Å²) < 4.78 is 0. The lowest BCUT2D eigenvalue weighted by Crippen LogP contribution is -2.61. The highest BCUT2D eigenvalue weighted by Gasteiger charge is 2.37. The Morgan fingerprint density at radius 2 is 1.04 bits per heavy atom. The molecule has 8 amide bonds. The van der Waals surface area contributed by atoms with E-state index in [0.717, 1.165) is 22.0 Å². The smallest absolute Gasteiger partial charge is 0.243 e. The van der Waals surface area contributed by atoms with E-state index >= 15 is 0 Å². The van der Waals surface area contributed by atoms with Gasteiger partial charge < -0.3 is 70.9 Å².